The first-order chi connectivity index (χ1) is 11.2. The van der Waals surface area contributed by atoms with E-state index in [4.69, 9.17) is 9.47 Å². The highest BCUT2D eigenvalue weighted by molar-refractivity contribution is 5.96. The molecule has 0 radical (unpaired) electrons. The predicted octanol–water partition coefficient (Wildman–Crippen LogP) is 0.0690. The highest BCUT2D eigenvalue weighted by Crippen LogP contribution is 2.32. The lowest BCUT2D eigenvalue weighted by molar-refractivity contribution is -0.125. The maximum atomic E-state index is 12.2. The zero-order chi connectivity index (χ0) is 16.2. The molecular weight excluding hydrogens is 300 g/mol. The smallest absolute Gasteiger partial charge is 0.269 e. The summed E-state index contributed by atoms with van der Waals surface area (Å²) in [5, 5.41) is 0. The number of hydrogen-bond acceptors (Lipinski definition) is 6. The SMILES string of the molecule is CCCC1NNCC1C(=O)NNC(=O)c1ccc2c(c1)OCO2. The third kappa shape index (κ3) is 3.38. The van der Waals surface area contributed by atoms with Crippen molar-refractivity contribution in [2.45, 2.75) is 25.8 Å². The van der Waals surface area contributed by atoms with E-state index in [-0.39, 0.29) is 24.7 Å². The number of carbonyl (C=O) groups excluding carboxylic acids is 2. The quantitative estimate of drug-likeness (QED) is 0.586. The Morgan fingerprint density at radius 1 is 1.26 bits per heavy atom. The highest BCUT2D eigenvalue weighted by Gasteiger charge is 2.32. The summed E-state index contributed by atoms with van der Waals surface area (Å²) in [6, 6.07) is 4.94. The van der Waals surface area contributed by atoms with Gasteiger partial charge in [-0.25, -0.2) is 0 Å². The Morgan fingerprint density at radius 2 is 2.09 bits per heavy atom. The number of ether oxygens (including phenoxy) is 2. The summed E-state index contributed by atoms with van der Waals surface area (Å²) in [6.45, 7) is 2.75. The van der Waals surface area contributed by atoms with Gasteiger partial charge in [0.05, 0.1) is 5.92 Å². The molecule has 8 heteroatoms. The maximum Gasteiger partial charge on any atom is 0.269 e. The number of fused-ring (bicyclic) bond motifs is 1. The van der Waals surface area contributed by atoms with Crippen LogP contribution in [0.2, 0.25) is 0 Å². The molecule has 2 unspecified atom stereocenters. The first-order valence-electron chi connectivity index (χ1n) is 7.67. The van der Waals surface area contributed by atoms with Crippen LogP contribution < -0.4 is 31.2 Å². The molecule has 0 aliphatic carbocycles. The van der Waals surface area contributed by atoms with Crippen LogP contribution in [-0.4, -0.2) is 31.2 Å². The van der Waals surface area contributed by atoms with E-state index in [1.807, 2.05) is 0 Å². The van der Waals surface area contributed by atoms with Crippen molar-refractivity contribution in [1.82, 2.24) is 21.7 Å². The Balaban J connectivity index is 1.55. The second-order valence-electron chi connectivity index (χ2n) is 5.54. The Kier molecular flexibility index (Phi) is 4.63. The van der Waals surface area contributed by atoms with Crippen LogP contribution in [0.3, 0.4) is 0 Å². The summed E-state index contributed by atoms with van der Waals surface area (Å²) in [6.07, 6.45) is 1.87. The Labute approximate surface area is 133 Å². The molecule has 0 saturated carbocycles. The molecule has 0 bridgehead atoms. The van der Waals surface area contributed by atoms with Gasteiger partial charge in [0.2, 0.25) is 12.7 Å². The van der Waals surface area contributed by atoms with E-state index in [1.54, 1.807) is 18.2 Å². The van der Waals surface area contributed by atoms with Crippen LogP contribution in [0.25, 0.3) is 0 Å². The molecule has 1 aromatic carbocycles. The molecule has 1 fully saturated rings. The number of benzene rings is 1. The zero-order valence-electron chi connectivity index (χ0n) is 12.8. The van der Waals surface area contributed by atoms with Gasteiger partial charge in [0, 0.05) is 18.2 Å². The third-order valence-electron chi connectivity index (χ3n) is 3.97. The van der Waals surface area contributed by atoms with E-state index in [0.717, 1.165) is 12.8 Å². The molecule has 1 aromatic rings. The summed E-state index contributed by atoms with van der Waals surface area (Å²) in [5.41, 5.74) is 11.4. The van der Waals surface area contributed by atoms with Crippen molar-refractivity contribution in [1.29, 1.82) is 0 Å². The number of amides is 2. The molecule has 4 N–H and O–H groups in total. The van der Waals surface area contributed by atoms with Gasteiger partial charge in [-0.1, -0.05) is 13.3 Å². The highest BCUT2D eigenvalue weighted by atomic mass is 16.7. The molecule has 2 aliphatic heterocycles. The Morgan fingerprint density at radius 3 is 2.91 bits per heavy atom. The lowest BCUT2D eigenvalue weighted by Gasteiger charge is -2.17. The molecule has 2 amide bonds. The summed E-state index contributed by atoms with van der Waals surface area (Å²) in [5.74, 6) is 0.303. The summed E-state index contributed by atoms with van der Waals surface area (Å²) >= 11 is 0. The van der Waals surface area contributed by atoms with Crippen molar-refractivity contribution in [2.75, 3.05) is 13.3 Å². The van der Waals surface area contributed by atoms with Crippen LogP contribution in [0.4, 0.5) is 0 Å². The van der Waals surface area contributed by atoms with Gasteiger partial charge in [0.1, 0.15) is 0 Å². The van der Waals surface area contributed by atoms with Crippen molar-refractivity contribution in [3.63, 3.8) is 0 Å². The number of hydrazine groups is 2. The molecular formula is C15H20N4O4. The minimum atomic E-state index is -0.400. The van der Waals surface area contributed by atoms with Gasteiger partial charge in [-0.3, -0.25) is 31.3 Å². The molecule has 2 atom stereocenters. The van der Waals surface area contributed by atoms with E-state index in [0.29, 0.717) is 23.6 Å². The molecule has 2 aliphatic rings. The standard InChI is InChI=1S/C15H20N4O4/c1-2-3-11-10(7-16-17-11)15(21)19-18-14(20)9-4-5-12-13(6-9)23-8-22-12/h4-6,10-11,16-17H,2-3,7-8H2,1H3,(H,18,20)(H,19,21). The zero-order valence-corrected chi connectivity index (χ0v) is 12.8. The van der Waals surface area contributed by atoms with Crippen LogP contribution in [-0.2, 0) is 4.79 Å². The number of rotatable bonds is 4. The average molecular weight is 320 g/mol. The fraction of sp³-hybridized carbons (Fsp3) is 0.467. The molecule has 0 spiro atoms. The Hall–Kier alpha value is -2.32. The van der Waals surface area contributed by atoms with Gasteiger partial charge in [-0.15, -0.1) is 0 Å². The van der Waals surface area contributed by atoms with E-state index in [9.17, 15) is 9.59 Å². The van der Waals surface area contributed by atoms with Gasteiger partial charge in [-0.2, -0.15) is 0 Å². The van der Waals surface area contributed by atoms with E-state index < -0.39 is 5.91 Å². The summed E-state index contributed by atoms with van der Waals surface area (Å²) in [4.78, 5) is 24.3. The van der Waals surface area contributed by atoms with E-state index in [1.165, 1.54) is 0 Å². The Bertz CT molecular complexity index is 607. The van der Waals surface area contributed by atoms with Crippen molar-refractivity contribution in [2.24, 2.45) is 5.92 Å². The molecule has 8 nitrogen and oxygen atoms in total. The maximum absolute atomic E-state index is 12.2. The first kappa shape index (κ1) is 15.6. The number of carbonyl (C=O) groups is 2. The topological polar surface area (TPSA) is 101 Å². The average Bonchev–Trinajstić information content (AvgIpc) is 3.20. The second kappa shape index (κ2) is 6.84. The largest absolute Gasteiger partial charge is 0.454 e. The fourth-order valence-electron chi connectivity index (χ4n) is 2.72. The monoisotopic (exact) mass is 320 g/mol. The minimum Gasteiger partial charge on any atom is -0.454 e. The molecule has 3 rings (SSSR count). The van der Waals surface area contributed by atoms with Crippen LogP contribution in [0, 0.1) is 5.92 Å². The van der Waals surface area contributed by atoms with Gasteiger partial charge < -0.3 is 9.47 Å². The lowest BCUT2D eigenvalue weighted by atomic mass is 9.97. The van der Waals surface area contributed by atoms with Crippen LogP contribution >= 0.6 is 0 Å². The predicted molar refractivity (Wildman–Crippen MR) is 81.5 cm³/mol. The van der Waals surface area contributed by atoms with Crippen molar-refractivity contribution < 1.29 is 19.1 Å². The van der Waals surface area contributed by atoms with Crippen molar-refractivity contribution in [3.8, 4) is 11.5 Å². The van der Waals surface area contributed by atoms with Crippen molar-refractivity contribution in [3.05, 3.63) is 23.8 Å². The lowest BCUT2D eigenvalue weighted by Crippen LogP contribution is -2.47. The second-order valence-corrected chi connectivity index (χ2v) is 5.54. The molecule has 124 valence electrons. The van der Waals surface area contributed by atoms with Crippen molar-refractivity contribution >= 4 is 11.8 Å². The van der Waals surface area contributed by atoms with Gasteiger partial charge in [0.25, 0.3) is 5.91 Å². The molecule has 0 aromatic heterocycles. The minimum absolute atomic E-state index is 0.0717. The van der Waals surface area contributed by atoms with Crippen LogP contribution in [0.15, 0.2) is 18.2 Å². The van der Waals surface area contributed by atoms with Crippen LogP contribution in [0.5, 0.6) is 11.5 Å². The summed E-state index contributed by atoms with van der Waals surface area (Å²) < 4.78 is 10.4. The number of hydrogen-bond donors (Lipinski definition) is 4. The van der Waals surface area contributed by atoms with E-state index in [2.05, 4.69) is 28.6 Å². The van der Waals surface area contributed by atoms with E-state index >= 15 is 0 Å². The molecule has 1 saturated heterocycles. The molecule has 2 heterocycles. The van der Waals surface area contributed by atoms with Gasteiger partial charge in [-0.05, 0) is 24.6 Å². The first-order valence-corrected chi connectivity index (χ1v) is 7.67. The normalized spacial score (nSPS) is 22.0. The van der Waals surface area contributed by atoms with Gasteiger partial charge in [0.15, 0.2) is 11.5 Å². The van der Waals surface area contributed by atoms with Crippen LogP contribution in [0.1, 0.15) is 30.1 Å². The fourth-order valence-corrected chi connectivity index (χ4v) is 2.72. The molecule has 23 heavy (non-hydrogen) atoms. The summed E-state index contributed by atoms with van der Waals surface area (Å²) in [7, 11) is 0. The third-order valence-corrected chi connectivity index (χ3v) is 3.97. The van der Waals surface area contributed by atoms with Gasteiger partial charge >= 0.3 is 0 Å². The number of nitrogens with one attached hydrogen (secondary N) is 4.